The highest BCUT2D eigenvalue weighted by atomic mass is 32.2. The van der Waals surface area contributed by atoms with Crippen LogP contribution in [0.3, 0.4) is 0 Å². The van der Waals surface area contributed by atoms with E-state index in [4.69, 9.17) is 49.4 Å². The molecule has 0 spiro atoms. The molecule has 4 N–H and O–H groups in total. The fourth-order valence-electron chi connectivity index (χ4n) is 7.33. The second-order valence-corrected chi connectivity index (χ2v) is 18.5. The fourth-order valence-corrected chi connectivity index (χ4v) is 10.1. The van der Waals surface area contributed by atoms with Crippen LogP contribution in [0.4, 0.5) is 11.4 Å². The summed E-state index contributed by atoms with van der Waals surface area (Å²) < 4.78 is 71.2. The molecule has 0 heterocycles. The number of nitrogens with zero attached hydrogens (tertiary/aromatic N) is 2. The zero-order valence-electron chi connectivity index (χ0n) is 40.7. The highest BCUT2D eigenvalue weighted by Gasteiger charge is 2.30. The zero-order chi connectivity index (χ0) is 52.5. The molecule has 0 saturated carbocycles. The van der Waals surface area contributed by atoms with Crippen molar-refractivity contribution >= 4 is 45.1 Å². The molecular weight excluding hydrogens is 969 g/mol. The van der Waals surface area contributed by atoms with Gasteiger partial charge < -0.3 is 49.4 Å². The van der Waals surface area contributed by atoms with Crippen LogP contribution in [0, 0.1) is 20.2 Å². The lowest BCUT2D eigenvalue weighted by Gasteiger charge is -2.21. The van der Waals surface area contributed by atoms with Gasteiger partial charge in [0.15, 0.2) is 11.5 Å². The summed E-state index contributed by atoms with van der Waals surface area (Å²) in [5.41, 5.74) is 14.4. The average molecular weight is 1030 g/mol. The van der Waals surface area contributed by atoms with E-state index in [0.717, 1.165) is 11.1 Å². The summed E-state index contributed by atoms with van der Waals surface area (Å²) in [7, 11) is 8.04. The maximum Gasteiger partial charge on any atom is 0.311 e. The summed E-state index contributed by atoms with van der Waals surface area (Å²) in [6.45, 7) is 0. The molecule has 0 aliphatic carbocycles. The Labute approximate surface area is 422 Å². The van der Waals surface area contributed by atoms with Crippen LogP contribution in [0.1, 0.15) is 54.6 Å². The summed E-state index contributed by atoms with van der Waals surface area (Å²) in [5.74, 6) is 2.39. The van der Waals surface area contributed by atoms with E-state index in [0.29, 0.717) is 45.6 Å². The lowest BCUT2D eigenvalue weighted by Crippen LogP contribution is -2.26. The normalized spacial score (nSPS) is 13.6. The molecule has 0 saturated heterocycles. The summed E-state index contributed by atoms with van der Waals surface area (Å²) in [6, 6.07) is 33.8. The van der Waals surface area contributed by atoms with Crippen molar-refractivity contribution in [1.29, 1.82) is 0 Å². The number of hydrogen-bond donors (Lipinski definition) is 2. The van der Waals surface area contributed by atoms with Crippen molar-refractivity contribution in [3.05, 3.63) is 187 Å². The van der Waals surface area contributed by atoms with Crippen LogP contribution in [0.2, 0.25) is 0 Å². The minimum absolute atomic E-state index is 0.00308. The van der Waals surface area contributed by atoms with E-state index in [2.05, 4.69) is 0 Å². The standard InChI is InChI=1S/C38H40N2O13S.C14H16N2OS/c1-46-25-19-33(50-5)27(34(20-25)51-6)11-15-37(23-9-13-31(48-3)29(17-23)39(41)42)54(45)38(24-10-14-32(49-4)30(18-24)40(43)44)16-12-28-35(52-7)21-26(47-2)22-36(28)53-8;15-13(11-7-3-1-4-8-11)18(17)14(16)12-9-5-2-6-10-12/h9-22,37-38H,1-8H3;1-10,13-14H,15-16H2/b15-11+,16-12+;. The van der Waals surface area contributed by atoms with Crippen molar-refractivity contribution in [1.82, 2.24) is 0 Å². The molecule has 0 amide bonds. The second-order valence-electron chi connectivity index (χ2n) is 15.1. The number of nitro groups is 2. The van der Waals surface area contributed by atoms with E-state index in [1.165, 1.54) is 81.1 Å². The van der Waals surface area contributed by atoms with Crippen LogP contribution in [-0.4, -0.2) is 75.1 Å². The number of benzene rings is 6. The lowest BCUT2D eigenvalue weighted by atomic mass is 10.1. The predicted octanol–water partition coefficient (Wildman–Crippen LogP) is 9.58. The monoisotopic (exact) mass is 1020 g/mol. The van der Waals surface area contributed by atoms with E-state index in [9.17, 15) is 24.4 Å². The zero-order valence-corrected chi connectivity index (χ0v) is 42.4. The number of ether oxygens (including phenoxy) is 8. The number of rotatable bonds is 22. The van der Waals surface area contributed by atoms with Gasteiger partial charge in [0.2, 0.25) is 0 Å². The summed E-state index contributed by atoms with van der Waals surface area (Å²) >= 11 is 0. The van der Waals surface area contributed by atoms with Gasteiger partial charge >= 0.3 is 11.4 Å². The van der Waals surface area contributed by atoms with Crippen LogP contribution in [0.15, 0.2) is 133 Å². The molecule has 0 fully saturated rings. The van der Waals surface area contributed by atoms with Gasteiger partial charge in [-0.05, 0) is 46.5 Å². The first-order chi connectivity index (χ1) is 34.7. The van der Waals surface area contributed by atoms with E-state index in [-0.39, 0.29) is 34.0 Å². The van der Waals surface area contributed by atoms with Crippen molar-refractivity contribution in [2.75, 3.05) is 56.9 Å². The Kier molecular flexibility index (Phi) is 20.2. The molecule has 18 nitrogen and oxygen atoms in total. The van der Waals surface area contributed by atoms with Gasteiger partial charge in [-0.15, -0.1) is 0 Å². The minimum Gasteiger partial charge on any atom is -0.496 e. The SMILES string of the molecule is COc1cc(OC)c(/C=C/C(c2ccc(OC)c([N+](=O)[O-])c2)S(=O)C(/C=C/c2c(OC)cc(OC)cc2OC)c2ccc(OC)c([N+](=O)[O-])c2)c(OC)c1.NC(c1ccccc1)S(=O)C(N)c1ccccc1. The Morgan fingerprint density at radius 1 is 0.431 bits per heavy atom. The first kappa shape index (κ1) is 55.2. The van der Waals surface area contributed by atoms with E-state index in [1.807, 2.05) is 60.7 Å². The number of nitrogens with two attached hydrogens (primary N) is 2. The quantitative estimate of drug-likeness (QED) is 0.0474. The third-order valence-corrected chi connectivity index (χ3v) is 14.5. The number of methoxy groups -OCH3 is 8. The van der Waals surface area contributed by atoms with Gasteiger partial charge in [0, 0.05) is 47.2 Å². The Hall–Kier alpha value is -7.78. The van der Waals surface area contributed by atoms with Gasteiger partial charge in [0.25, 0.3) is 0 Å². The third-order valence-electron chi connectivity index (χ3n) is 11.1. The van der Waals surface area contributed by atoms with Crippen LogP contribution in [0.25, 0.3) is 12.2 Å². The first-order valence-electron chi connectivity index (χ1n) is 21.7. The van der Waals surface area contributed by atoms with Gasteiger partial charge in [-0.3, -0.25) is 28.6 Å². The Bertz CT molecular complexity index is 2680. The van der Waals surface area contributed by atoms with Crippen LogP contribution in [-0.2, 0) is 21.6 Å². The van der Waals surface area contributed by atoms with Crippen molar-refractivity contribution in [2.24, 2.45) is 11.5 Å². The molecule has 6 rings (SSSR count). The summed E-state index contributed by atoms with van der Waals surface area (Å²) in [4.78, 5) is 23.1. The van der Waals surface area contributed by atoms with Gasteiger partial charge in [0.1, 0.15) is 45.2 Å². The Balaban J connectivity index is 0.000000446. The Morgan fingerprint density at radius 3 is 1.03 bits per heavy atom. The molecule has 0 aromatic heterocycles. The maximum atomic E-state index is 15.2. The summed E-state index contributed by atoms with van der Waals surface area (Å²) in [6.07, 6.45) is 6.45. The van der Waals surface area contributed by atoms with E-state index < -0.39 is 52.7 Å². The van der Waals surface area contributed by atoms with E-state index in [1.54, 1.807) is 60.7 Å². The molecule has 0 aliphatic rings. The first-order valence-corrected chi connectivity index (χ1v) is 24.2. The van der Waals surface area contributed by atoms with Crippen LogP contribution < -0.4 is 49.4 Å². The topological polar surface area (TPSA) is 246 Å². The molecule has 6 aromatic carbocycles. The molecule has 72 heavy (non-hydrogen) atoms. The van der Waals surface area contributed by atoms with Gasteiger partial charge in [-0.2, -0.15) is 0 Å². The maximum absolute atomic E-state index is 15.2. The summed E-state index contributed by atoms with van der Waals surface area (Å²) in [5, 5.41) is 21.0. The van der Waals surface area contributed by atoms with Gasteiger partial charge in [-0.1, -0.05) is 84.9 Å². The average Bonchev–Trinajstić information content (AvgIpc) is 3.42. The molecule has 4 atom stereocenters. The van der Waals surface area contributed by atoms with Gasteiger partial charge in [-0.25, -0.2) is 0 Å². The Morgan fingerprint density at radius 2 is 0.750 bits per heavy atom. The molecule has 380 valence electrons. The largest absolute Gasteiger partial charge is 0.496 e. The second kappa shape index (κ2) is 26.4. The highest BCUT2D eigenvalue weighted by Crippen LogP contribution is 2.43. The molecule has 4 unspecified atom stereocenters. The molecule has 0 radical (unpaired) electrons. The number of nitro benzene ring substituents is 2. The molecule has 0 bridgehead atoms. The lowest BCUT2D eigenvalue weighted by molar-refractivity contribution is -0.385. The third kappa shape index (κ3) is 13.3. The van der Waals surface area contributed by atoms with E-state index >= 15 is 4.21 Å². The van der Waals surface area contributed by atoms with Crippen molar-refractivity contribution in [2.45, 2.75) is 21.2 Å². The predicted molar refractivity (Wildman–Crippen MR) is 278 cm³/mol. The molecule has 0 aliphatic heterocycles. The van der Waals surface area contributed by atoms with Crippen molar-refractivity contribution < 1.29 is 56.2 Å². The van der Waals surface area contributed by atoms with Crippen molar-refractivity contribution in [3.8, 4) is 46.0 Å². The molecule has 6 aromatic rings. The number of hydrogen-bond acceptors (Lipinski definition) is 16. The smallest absolute Gasteiger partial charge is 0.311 e. The highest BCUT2D eigenvalue weighted by molar-refractivity contribution is 7.86. The van der Waals surface area contributed by atoms with Crippen molar-refractivity contribution in [3.63, 3.8) is 0 Å². The molecule has 20 heteroatoms. The van der Waals surface area contributed by atoms with Crippen LogP contribution in [0.5, 0.6) is 46.0 Å². The van der Waals surface area contributed by atoms with Crippen LogP contribution >= 0.6 is 0 Å². The van der Waals surface area contributed by atoms with Gasteiger partial charge in [0.05, 0.1) is 99.2 Å². The molecular formula is C52H56N4O14S2. The minimum atomic E-state index is -2.06. The fraction of sp³-hybridized carbons (Fsp3) is 0.231.